The van der Waals surface area contributed by atoms with Gasteiger partial charge in [0.15, 0.2) is 0 Å². The van der Waals surface area contributed by atoms with Crippen molar-refractivity contribution in [3.63, 3.8) is 0 Å². The SMILES string of the molecule is Cc1cc(C)cc(Oc2ccc(NC(=O)CN3C(=O)[C@@H]4[C@H]5C=C[C@@H]([C@@H]6C[C@H]56)[C@@H]4C3=O)cc2)c1. The predicted octanol–water partition coefficient (Wildman–Crippen LogP) is 4.09. The maximum Gasteiger partial charge on any atom is 0.244 e. The second-order valence-corrected chi connectivity index (χ2v) is 9.92. The Kier molecular flexibility index (Phi) is 4.47. The summed E-state index contributed by atoms with van der Waals surface area (Å²) in [6.07, 6.45) is 5.40. The van der Waals surface area contributed by atoms with Gasteiger partial charge >= 0.3 is 0 Å². The van der Waals surface area contributed by atoms with Crippen LogP contribution in [0.15, 0.2) is 54.6 Å². The van der Waals surface area contributed by atoms with E-state index < -0.39 is 0 Å². The van der Waals surface area contributed by atoms with E-state index in [1.54, 1.807) is 24.3 Å². The first-order chi connectivity index (χ1) is 15.9. The molecule has 6 atom stereocenters. The van der Waals surface area contributed by atoms with Crippen LogP contribution in [0.25, 0.3) is 0 Å². The predicted molar refractivity (Wildman–Crippen MR) is 122 cm³/mol. The zero-order valence-electron chi connectivity index (χ0n) is 18.7. The van der Waals surface area contributed by atoms with Crippen LogP contribution in [0, 0.1) is 49.4 Å². The topological polar surface area (TPSA) is 75.7 Å². The molecule has 33 heavy (non-hydrogen) atoms. The zero-order chi connectivity index (χ0) is 22.9. The number of carbonyl (C=O) groups is 3. The van der Waals surface area contributed by atoms with Gasteiger partial charge in [-0.15, -0.1) is 0 Å². The fraction of sp³-hybridized carbons (Fsp3) is 0.370. The fourth-order valence-corrected chi connectivity index (χ4v) is 6.25. The summed E-state index contributed by atoms with van der Waals surface area (Å²) < 4.78 is 5.91. The largest absolute Gasteiger partial charge is 0.457 e. The molecule has 2 aromatic carbocycles. The number of anilines is 1. The van der Waals surface area contributed by atoms with Crippen molar-refractivity contribution in [2.75, 3.05) is 11.9 Å². The molecule has 7 rings (SSSR count). The molecule has 0 spiro atoms. The minimum atomic E-state index is -0.371. The zero-order valence-corrected chi connectivity index (χ0v) is 18.7. The molecular formula is C27H26N2O4. The third-order valence-electron chi connectivity index (χ3n) is 7.62. The number of nitrogens with one attached hydrogen (secondary N) is 1. The van der Waals surface area contributed by atoms with E-state index in [4.69, 9.17) is 4.74 Å². The highest BCUT2D eigenvalue weighted by Crippen LogP contribution is 2.65. The second kappa shape index (κ2) is 7.30. The molecule has 1 N–H and O–H groups in total. The van der Waals surface area contributed by atoms with Gasteiger partial charge in [0.25, 0.3) is 0 Å². The van der Waals surface area contributed by atoms with E-state index in [0.29, 0.717) is 23.3 Å². The van der Waals surface area contributed by atoms with Crippen LogP contribution in [0.5, 0.6) is 11.5 Å². The molecule has 1 saturated heterocycles. The molecule has 4 aliphatic carbocycles. The first kappa shape index (κ1) is 20.2. The summed E-state index contributed by atoms with van der Waals surface area (Å²) in [5.74, 6) is 1.58. The number of rotatable bonds is 5. The van der Waals surface area contributed by atoms with Gasteiger partial charge in [0.1, 0.15) is 18.0 Å². The van der Waals surface area contributed by atoms with Gasteiger partial charge in [0, 0.05) is 5.69 Å². The van der Waals surface area contributed by atoms with Gasteiger partial charge in [-0.3, -0.25) is 19.3 Å². The molecular weight excluding hydrogens is 416 g/mol. The van der Waals surface area contributed by atoms with Gasteiger partial charge < -0.3 is 10.1 Å². The Morgan fingerprint density at radius 2 is 1.48 bits per heavy atom. The normalized spacial score (nSPS) is 30.8. The Bertz CT molecular complexity index is 1140. The van der Waals surface area contributed by atoms with Crippen molar-refractivity contribution in [1.82, 2.24) is 4.90 Å². The second-order valence-electron chi connectivity index (χ2n) is 9.92. The maximum absolute atomic E-state index is 13.0. The Balaban J connectivity index is 1.09. The van der Waals surface area contributed by atoms with Gasteiger partial charge in [0.05, 0.1) is 11.8 Å². The number of likely N-dealkylation sites (tertiary alicyclic amines) is 1. The van der Waals surface area contributed by atoms with Crippen molar-refractivity contribution < 1.29 is 19.1 Å². The number of benzene rings is 2. The highest BCUT2D eigenvalue weighted by Gasteiger charge is 2.67. The molecule has 0 unspecified atom stereocenters. The molecule has 168 valence electrons. The summed E-state index contributed by atoms with van der Waals surface area (Å²) >= 11 is 0. The first-order valence-electron chi connectivity index (χ1n) is 11.6. The number of ether oxygens (including phenoxy) is 1. The number of hydrogen-bond acceptors (Lipinski definition) is 4. The van der Waals surface area contributed by atoms with E-state index in [-0.39, 0.29) is 47.9 Å². The molecule has 2 bridgehead atoms. The van der Waals surface area contributed by atoms with Gasteiger partial charge in [-0.1, -0.05) is 18.2 Å². The highest BCUT2D eigenvalue weighted by atomic mass is 16.5. The van der Waals surface area contributed by atoms with Crippen LogP contribution in [0.3, 0.4) is 0 Å². The minimum Gasteiger partial charge on any atom is -0.457 e. The smallest absolute Gasteiger partial charge is 0.244 e. The quantitative estimate of drug-likeness (QED) is 0.559. The van der Waals surface area contributed by atoms with Crippen molar-refractivity contribution in [3.8, 4) is 11.5 Å². The van der Waals surface area contributed by atoms with Crippen LogP contribution in [0.2, 0.25) is 0 Å². The third-order valence-corrected chi connectivity index (χ3v) is 7.62. The Labute approximate surface area is 192 Å². The monoisotopic (exact) mass is 442 g/mol. The Morgan fingerprint density at radius 1 is 0.909 bits per heavy atom. The number of hydrogen-bond donors (Lipinski definition) is 1. The van der Waals surface area contributed by atoms with E-state index in [1.807, 2.05) is 26.0 Å². The summed E-state index contributed by atoms with van der Waals surface area (Å²) in [5, 5.41) is 2.80. The van der Waals surface area contributed by atoms with Gasteiger partial charge in [-0.05, 0) is 91.5 Å². The van der Waals surface area contributed by atoms with Crippen LogP contribution >= 0.6 is 0 Å². The van der Waals surface area contributed by atoms with Crippen LogP contribution in [0.1, 0.15) is 17.5 Å². The lowest BCUT2D eigenvalue weighted by molar-refractivity contribution is -0.142. The maximum atomic E-state index is 13.0. The van der Waals surface area contributed by atoms with Crippen molar-refractivity contribution in [2.45, 2.75) is 20.3 Å². The molecule has 0 aromatic heterocycles. The Hall–Kier alpha value is -3.41. The van der Waals surface area contributed by atoms with Crippen molar-refractivity contribution in [1.29, 1.82) is 0 Å². The number of carbonyl (C=O) groups excluding carboxylic acids is 3. The summed E-state index contributed by atoms with van der Waals surface area (Å²) in [7, 11) is 0. The first-order valence-corrected chi connectivity index (χ1v) is 11.6. The van der Waals surface area contributed by atoms with E-state index in [1.165, 1.54) is 4.90 Å². The van der Waals surface area contributed by atoms with Gasteiger partial charge in [-0.2, -0.15) is 0 Å². The average Bonchev–Trinajstić information content (AvgIpc) is 3.55. The average molecular weight is 443 g/mol. The molecule has 3 fully saturated rings. The molecule has 2 saturated carbocycles. The van der Waals surface area contributed by atoms with Crippen LogP contribution in [0.4, 0.5) is 5.69 Å². The summed E-state index contributed by atoms with van der Waals surface area (Å²) in [4.78, 5) is 39.9. The highest BCUT2D eigenvalue weighted by molar-refractivity contribution is 6.09. The van der Waals surface area contributed by atoms with Crippen LogP contribution < -0.4 is 10.1 Å². The number of allylic oxidation sites excluding steroid dienone is 2. The molecule has 6 nitrogen and oxygen atoms in total. The van der Waals surface area contributed by atoms with Crippen LogP contribution in [-0.4, -0.2) is 29.2 Å². The summed E-state index contributed by atoms with van der Waals surface area (Å²) in [6.45, 7) is 3.81. The lowest BCUT2D eigenvalue weighted by Crippen LogP contribution is -2.40. The standard InChI is InChI=1S/C27H26N2O4/c1-14-9-15(2)11-18(10-14)33-17-5-3-16(4-6-17)28-23(30)13-29-26(31)24-19-7-8-20(22-12-21(19)22)25(24)27(29)32/h3-11,19-22,24-25H,12-13H2,1-2H3,(H,28,30)/t19-,20-,21-,22+,24-,25+/m0/s1. The number of nitrogens with zero attached hydrogens (tertiary/aromatic N) is 1. The van der Waals surface area contributed by atoms with Crippen molar-refractivity contribution >= 4 is 23.4 Å². The molecule has 3 amide bonds. The van der Waals surface area contributed by atoms with E-state index in [2.05, 4.69) is 23.5 Å². The molecule has 1 heterocycles. The van der Waals surface area contributed by atoms with E-state index in [0.717, 1.165) is 23.3 Å². The van der Waals surface area contributed by atoms with Gasteiger partial charge in [0.2, 0.25) is 17.7 Å². The number of aryl methyl sites for hydroxylation is 2. The molecule has 5 aliphatic rings. The van der Waals surface area contributed by atoms with Gasteiger partial charge in [-0.25, -0.2) is 0 Å². The summed E-state index contributed by atoms with van der Waals surface area (Å²) in [5.41, 5.74) is 2.84. The molecule has 0 radical (unpaired) electrons. The number of imide groups is 1. The molecule has 2 aromatic rings. The van der Waals surface area contributed by atoms with Crippen molar-refractivity contribution in [3.05, 3.63) is 65.7 Å². The lowest BCUT2D eigenvalue weighted by Gasteiger charge is -2.37. The molecule has 6 heteroatoms. The minimum absolute atomic E-state index is 0.166. The number of amides is 3. The van der Waals surface area contributed by atoms with E-state index in [9.17, 15) is 14.4 Å². The lowest BCUT2D eigenvalue weighted by atomic mass is 9.63. The Morgan fingerprint density at radius 3 is 2.06 bits per heavy atom. The van der Waals surface area contributed by atoms with Crippen molar-refractivity contribution in [2.24, 2.45) is 35.5 Å². The molecule has 1 aliphatic heterocycles. The summed E-state index contributed by atoms with van der Waals surface area (Å²) in [6, 6.07) is 13.1. The van der Waals surface area contributed by atoms with Crippen LogP contribution in [-0.2, 0) is 14.4 Å². The van der Waals surface area contributed by atoms with E-state index >= 15 is 0 Å². The fourth-order valence-electron chi connectivity index (χ4n) is 6.25. The third kappa shape index (κ3) is 3.36.